The summed E-state index contributed by atoms with van der Waals surface area (Å²) in [7, 11) is 0. The zero-order valence-corrected chi connectivity index (χ0v) is 11.4. The molecular weight excluding hydrogens is 226 g/mol. The van der Waals surface area contributed by atoms with E-state index in [1.807, 2.05) is 0 Å². The lowest BCUT2D eigenvalue weighted by molar-refractivity contribution is 0.470. The molecule has 0 amide bonds. The van der Waals surface area contributed by atoms with Crippen molar-refractivity contribution in [1.29, 1.82) is 0 Å². The molecule has 5 nitrogen and oxygen atoms in total. The maximum absolute atomic E-state index is 6.08. The Morgan fingerprint density at radius 3 is 1.83 bits per heavy atom. The maximum Gasteiger partial charge on any atom is 0.0292 e. The topological polar surface area (TPSA) is 74.1 Å². The molecule has 2 fully saturated rings. The van der Waals surface area contributed by atoms with Gasteiger partial charge in [0.25, 0.3) is 0 Å². The van der Waals surface area contributed by atoms with E-state index in [1.165, 1.54) is 38.8 Å². The maximum atomic E-state index is 6.08. The van der Waals surface area contributed by atoms with E-state index in [9.17, 15) is 0 Å². The van der Waals surface area contributed by atoms with Crippen LogP contribution in [0.4, 0.5) is 0 Å². The zero-order valence-electron chi connectivity index (χ0n) is 11.4. The summed E-state index contributed by atoms with van der Waals surface area (Å²) in [5.41, 5.74) is 6.08. The van der Waals surface area contributed by atoms with Crippen molar-refractivity contribution in [3.63, 3.8) is 0 Å². The fourth-order valence-electron chi connectivity index (χ4n) is 2.82. The molecule has 6 N–H and O–H groups in total. The summed E-state index contributed by atoms with van der Waals surface area (Å²) in [6.07, 6.45) is 5.23. The summed E-state index contributed by atoms with van der Waals surface area (Å²) in [6, 6.07) is 1.54. The van der Waals surface area contributed by atoms with Crippen molar-refractivity contribution in [2.24, 2.45) is 5.73 Å². The van der Waals surface area contributed by atoms with Crippen LogP contribution in [0.15, 0.2) is 0 Å². The highest BCUT2D eigenvalue weighted by atomic mass is 15.0. The van der Waals surface area contributed by atoms with Gasteiger partial charge in [0.05, 0.1) is 0 Å². The highest BCUT2D eigenvalue weighted by molar-refractivity contribution is 4.79. The minimum absolute atomic E-state index is 0.216. The molecule has 0 unspecified atom stereocenters. The third kappa shape index (κ3) is 5.20. The Kier molecular flexibility index (Phi) is 6.37. The van der Waals surface area contributed by atoms with Crippen molar-refractivity contribution in [2.45, 2.75) is 43.8 Å². The Hall–Kier alpha value is -0.200. The molecule has 18 heavy (non-hydrogen) atoms. The van der Waals surface area contributed by atoms with E-state index in [0.29, 0.717) is 12.1 Å². The number of hydrogen-bond acceptors (Lipinski definition) is 5. The predicted octanol–water partition coefficient (Wildman–Crippen LogP) is -1.00. The van der Waals surface area contributed by atoms with Crippen molar-refractivity contribution in [1.82, 2.24) is 21.3 Å². The largest absolute Gasteiger partial charge is 0.326 e. The highest BCUT2D eigenvalue weighted by Gasteiger charge is 2.15. The minimum Gasteiger partial charge on any atom is -0.326 e. The average molecular weight is 255 g/mol. The van der Waals surface area contributed by atoms with Crippen LogP contribution in [0.25, 0.3) is 0 Å². The van der Waals surface area contributed by atoms with E-state index < -0.39 is 0 Å². The van der Waals surface area contributed by atoms with E-state index in [4.69, 9.17) is 5.73 Å². The van der Waals surface area contributed by atoms with E-state index in [-0.39, 0.29) is 6.04 Å². The molecule has 2 aliphatic heterocycles. The van der Waals surface area contributed by atoms with Gasteiger partial charge < -0.3 is 27.0 Å². The van der Waals surface area contributed by atoms with Crippen LogP contribution in [0.3, 0.4) is 0 Å². The molecule has 2 heterocycles. The average Bonchev–Trinajstić information content (AvgIpc) is 3.01. The SMILES string of the molecule is NC(CNC[C@@H]1CCCN1)CNC[C@@H]1CCCN1. The van der Waals surface area contributed by atoms with Crippen LogP contribution in [0.5, 0.6) is 0 Å². The Morgan fingerprint density at radius 2 is 1.44 bits per heavy atom. The summed E-state index contributed by atoms with van der Waals surface area (Å²) in [6.45, 7) is 6.27. The third-order valence-corrected chi connectivity index (χ3v) is 3.92. The van der Waals surface area contributed by atoms with Crippen LogP contribution in [-0.2, 0) is 0 Å². The van der Waals surface area contributed by atoms with Crippen LogP contribution in [0, 0.1) is 0 Å². The lowest BCUT2D eigenvalue weighted by atomic mass is 10.2. The predicted molar refractivity (Wildman–Crippen MR) is 75.8 cm³/mol. The van der Waals surface area contributed by atoms with Gasteiger partial charge in [0.1, 0.15) is 0 Å². The fourth-order valence-corrected chi connectivity index (χ4v) is 2.82. The summed E-state index contributed by atoms with van der Waals surface area (Å²) in [4.78, 5) is 0. The highest BCUT2D eigenvalue weighted by Crippen LogP contribution is 2.03. The molecule has 0 aromatic rings. The lowest BCUT2D eigenvalue weighted by Crippen LogP contribution is -2.46. The van der Waals surface area contributed by atoms with Crippen molar-refractivity contribution in [3.05, 3.63) is 0 Å². The van der Waals surface area contributed by atoms with E-state index in [0.717, 1.165) is 26.2 Å². The fraction of sp³-hybridized carbons (Fsp3) is 1.00. The van der Waals surface area contributed by atoms with Gasteiger partial charge >= 0.3 is 0 Å². The van der Waals surface area contributed by atoms with Gasteiger partial charge in [0, 0.05) is 44.3 Å². The number of nitrogens with one attached hydrogen (secondary N) is 4. The van der Waals surface area contributed by atoms with Gasteiger partial charge in [-0.15, -0.1) is 0 Å². The minimum atomic E-state index is 0.216. The molecular formula is C13H29N5. The first kappa shape index (κ1) is 14.2. The second kappa shape index (κ2) is 8.07. The molecule has 2 atom stereocenters. The van der Waals surface area contributed by atoms with Crippen LogP contribution >= 0.6 is 0 Å². The molecule has 0 radical (unpaired) electrons. The molecule has 5 heteroatoms. The van der Waals surface area contributed by atoms with Crippen molar-refractivity contribution in [2.75, 3.05) is 39.3 Å². The van der Waals surface area contributed by atoms with Crippen molar-refractivity contribution < 1.29 is 0 Å². The normalized spacial score (nSPS) is 28.3. The van der Waals surface area contributed by atoms with Crippen LogP contribution in [0.1, 0.15) is 25.7 Å². The Labute approximate surface area is 111 Å². The van der Waals surface area contributed by atoms with E-state index in [1.54, 1.807) is 0 Å². The van der Waals surface area contributed by atoms with Gasteiger partial charge in [0.15, 0.2) is 0 Å². The van der Waals surface area contributed by atoms with Crippen molar-refractivity contribution in [3.8, 4) is 0 Å². The van der Waals surface area contributed by atoms with Gasteiger partial charge in [-0.2, -0.15) is 0 Å². The molecule has 2 saturated heterocycles. The summed E-state index contributed by atoms with van der Waals surface area (Å²) in [5, 5.41) is 13.9. The molecule has 0 saturated carbocycles. The van der Waals surface area contributed by atoms with Crippen molar-refractivity contribution >= 4 is 0 Å². The first-order valence-corrected chi connectivity index (χ1v) is 7.48. The number of hydrogen-bond donors (Lipinski definition) is 5. The summed E-state index contributed by atoms with van der Waals surface area (Å²) < 4.78 is 0. The van der Waals surface area contributed by atoms with E-state index >= 15 is 0 Å². The van der Waals surface area contributed by atoms with Crippen LogP contribution in [0.2, 0.25) is 0 Å². The number of rotatable bonds is 8. The third-order valence-electron chi connectivity index (χ3n) is 3.92. The first-order valence-electron chi connectivity index (χ1n) is 7.48. The van der Waals surface area contributed by atoms with Gasteiger partial charge in [-0.3, -0.25) is 0 Å². The van der Waals surface area contributed by atoms with Gasteiger partial charge in [-0.1, -0.05) is 0 Å². The van der Waals surface area contributed by atoms with Gasteiger partial charge in [-0.25, -0.2) is 0 Å². The van der Waals surface area contributed by atoms with Crippen LogP contribution < -0.4 is 27.0 Å². The second-order valence-corrected chi connectivity index (χ2v) is 5.66. The molecule has 0 aromatic heterocycles. The molecule has 0 aliphatic carbocycles. The summed E-state index contributed by atoms with van der Waals surface area (Å²) >= 11 is 0. The lowest BCUT2D eigenvalue weighted by Gasteiger charge is -2.17. The Balaban J connectivity index is 1.43. The van der Waals surface area contributed by atoms with E-state index in [2.05, 4.69) is 21.3 Å². The standard InChI is InChI=1S/C13H29N5/c14-11(7-15-9-12-3-1-5-17-12)8-16-10-13-4-2-6-18-13/h11-13,15-18H,1-10,14H2/t12-,13-/m0/s1. The molecule has 0 bridgehead atoms. The van der Waals surface area contributed by atoms with Gasteiger partial charge in [-0.05, 0) is 38.8 Å². The molecule has 2 aliphatic rings. The Bertz CT molecular complexity index is 189. The van der Waals surface area contributed by atoms with Crippen LogP contribution in [-0.4, -0.2) is 57.4 Å². The molecule has 2 rings (SSSR count). The monoisotopic (exact) mass is 255 g/mol. The summed E-state index contributed by atoms with van der Waals surface area (Å²) in [5.74, 6) is 0. The quantitative estimate of drug-likeness (QED) is 0.385. The smallest absolute Gasteiger partial charge is 0.0292 e. The zero-order chi connectivity index (χ0) is 12.6. The molecule has 0 spiro atoms. The molecule has 0 aromatic carbocycles. The van der Waals surface area contributed by atoms with Gasteiger partial charge in [0.2, 0.25) is 0 Å². The number of nitrogens with two attached hydrogens (primary N) is 1. The Morgan fingerprint density at radius 1 is 0.944 bits per heavy atom. The first-order chi connectivity index (χ1) is 8.84. The molecule has 106 valence electrons. The second-order valence-electron chi connectivity index (χ2n) is 5.66.